The Bertz CT molecular complexity index is 554. The predicted molar refractivity (Wildman–Crippen MR) is 65.7 cm³/mol. The molecule has 0 saturated carbocycles. The normalized spacial score (nSPS) is 15.4. The SMILES string of the molecule is COc1ccc2[nH]cc(C3=CCNC3)c2c1. The Balaban J connectivity index is 2.17. The molecule has 0 spiro atoms. The van der Waals surface area contributed by atoms with Gasteiger partial charge in [0.05, 0.1) is 7.11 Å². The van der Waals surface area contributed by atoms with Gasteiger partial charge in [0, 0.05) is 35.8 Å². The molecule has 2 aromatic rings. The fourth-order valence-electron chi connectivity index (χ4n) is 2.17. The second-order valence-electron chi connectivity index (χ2n) is 3.97. The molecule has 3 nitrogen and oxygen atoms in total. The monoisotopic (exact) mass is 214 g/mol. The topological polar surface area (TPSA) is 37.0 Å². The van der Waals surface area contributed by atoms with Crippen LogP contribution in [0.5, 0.6) is 5.75 Å². The molecule has 2 N–H and O–H groups in total. The van der Waals surface area contributed by atoms with E-state index < -0.39 is 0 Å². The van der Waals surface area contributed by atoms with Gasteiger partial charge in [-0.15, -0.1) is 0 Å². The quantitative estimate of drug-likeness (QED) is 0.803. The molecule has 0 bridgehead atoms. The first-order valence-electron chi connectivity index (χ1n) is 5.44. The highest BCUT2D eigenvalue weighted by atomic mass is 16.5. The molecule has 3 rings (SSSR count). The van der Waals surface area contributed by atoms with Crippen LogP contribution < -0.4 is 10.1 Å². The number of hydrogen-bond donors (Lipinski definition) is 2. The summed E-state index contributed by atoms with van der Waals surface area (Å²) in [6.07, 6.45) is 4.31. The summed E-state index contributed by atoms with van der Waals surface area (Å²) in [5.74, 6) is 0.903. The summed E-state index contributed by atoms with van der Waals surface area (Å²) in [6.45, 7) is 1.91. The first-order chi connectivity index (χ1) is 7.88. The number of methoxy groups -OCH3 is 1. The lowest BCUT2D eigenvalue weighted by molar-refractivity contribution is 0.415. The molecular weight excluding hydrogens is 200 g/mol. The van der Waals surface area contributed by atoms with Crippen molar-refractivity contribution in [2.24, 2.45) is 0 Å². The maximum Gasteiger partial charge on any atom is 0.119 e. The number of benzene rings is 1. The third kappa shape index (κ3) is 1.41. The molecule has 16 heavy (non-hydrogen) atoms. The number of rotatable bonds is 2. The van der Waals surface area contributed by atoms with Crippen LogP contribution in [0.25, 0.3) is 16.5 Å². The van der Waals surface area contributed by atoms with Crippen LogP contribution in [-0.2, 0) is 0 Å². The number of aromatic nitrogens is 1. The van der Waals surface area contributed by atoms with Gasteiger partial charge in [-0.25, -0.2) is 0 Å². The van der Waals surface area contributed by atoms with Crippen molar-refractivity contribution in [3.05, 3.63) is 36.0 Å². The van der Waals surface area contributed by atoms with E-state index in [0.29, 0.717) is 0 Å². The van der Waals surface area contributed by atoms with Crippen molar-refractivity contribution in [2.45, 2.75) is 0 Å². The number of fused-ring (bicyclic) bond motifs is 1. The van der Waals surface area contributed by atoms with E-state index in [-0.39, 0.29) is 0 Å². The minimum absolute atomic E-state index is 0.903. The average Bonchev–Trinajstić information content (AvgIpc) is 2.96. The summed E-state index contributed by atoms with van der Waals surface area (Å²) in [5, 5.41) is 4.55. The van der Waals surface area contributed by atoms with Crippen LogP contribution in [0.3, 0.4) is 0 Å². The highest BCUT2D eigenvalue weighted by Crippen LogP contribution is 2.28. The Morgan fingerprint density at radius 2 is 2.25 bits per heavy atom. The second-order valence-corrected chi connectivity index (χ2v) is 3.97. The summed E-state index contributed by atoms with van der Waals surface area (Å²) < 4.78 is 5.26. The molecule has 1 aromatic carbocycles. The van der Waals surface area contributed by atoms with Crippen molar-refractivity contribution in [2.75, 3.05) is 20.2 Å². The van der Waals surface area contributed by atoms with Crippen molar-refractivity contribution in [1.82, 2.24) is 10.3 Å². The molecule has 0 unspecified atom stereocenters. The summed E-state index contributed by atoms with van der Waals surface area (Å²) in [7, 11) is 1.70. The Morgan fingerprint density at radius 1 is 1.31 bits per heavy atom. The second kappa shape index (κ2) is 3.68. The van der Waals surface area contributed by atoms with E-state index in [2.05, 4.69) is 34.7 Å². The van der Waals surface area contributed by atoms with Gasteiger partial charge in [0.1, 0.15) is 5.75 Å². The van der Waals surface area contributed by atoms with E-state index in [1.807, 2.05) is 6.07 Å². The van der Waals surface area contributed by atoms with Crippen LogP contribution >= 0.6 is 0 Å². The number of ether oxygens (including phenoxy) is 1. The van der Waals surface area contributed by atoms with Crippen LogP contribution in [0.1, 0.15) is 5.56 Å². The van der Waals surface area contributed by atoms with E-state index in [1.165, 1.54) is 16.5 Å². The van der Waals surface area contributed by atoms with Gasteiger partial charge < -0.3 is 15.0 Å². The van der Waals surface area contributed by atoms with Gasteiger partial charge >= 0.3 is 0 Å². The Morgan fingerprint density at radius 3 is 3.00 bits per heavy atom. The van der Waals surface area contributed by atoms with Gasteiger partial charge in [-0.3, -0.25) is 0 Å². The van der Waals surface area contributed by atoms with Gasteiger partial charge in [-0.2, -0.15) is 0 Å². The van der Waals surface area contributed by atoms with Crippen LogP contribution in [0, 0.1) is 0 Å². The van der Waals surface area contributed by atoms with E-state index >= 15 is 0 Å². The Kier molecular flexibility index (Phi) is 2.18. The number of nitrogens with one attached hydrogen (secondary N) is 2. The Labute approximate surface area is 94.1 Å². The summed E-state index contributed by atoms with van der Waals surface area (Å²) in [5.41, 5.74) is 3.79. The lowest BCUT2D eigenvalue weighted by Crippen LogP contribution is -2.07. The van der Waals surface area contributed by atoms with Gasteiger partial charge in [0.2, 0.25) is 0 Å². The van der Waals surface area contributed by atoms with Crippen LogP contribution in [0.2, 0.25) is 0 Å². The minimum atomic E-state index is 0.903. The van der Waals surface area contributed by atoms with E-state index in [0.717, 1.165) is 24.4 Å². The molecular formula is C13H14N2O. The third-order valence-electron chi connectivity index (χ3n) is 3.04. The average molecular weight is 214 g/mol. The first kappa shape index (κ1) is 9.48. The fraction of sp³-hybridized carbons (Fsp3) is 0.231. The molecule has 0 aliphatic carbocycles. The van der Waals surface area contributed by atoms with E-state index in [4.69, 9.17) is 4.74 Å². The molecule has 0 atom stereocenters. The lowest BCUT2D eigenvalue weighted by atomic mass is 10.1. The van der Waals surface area contributed by atoms with Crippen molar-refractivity contribution in [3.63, 3.8) is 0 Å². The van der Waals surface area contributed by atoms with Gasteiger partial charge in [0.25, 0.3) is 0 Å². The minimum Gasteiger partial charge on any atom is -0.497 e. The van der Waals surface area contributed by atoms with E-state index in [1.54, 1.807) is 7.11 Å². The molecule has 82 valence electrons. The zero-order valence-electron chi connectivity index (χ0n) is 9.21. The van der Waals surface area contributed by atoms with Crippen molar-refractivity contribution >= 4 is 16.5 Å². The van der Waals surface area contributed by atoms with Crippen molar-refractivity contribution < 1.29 is 4.74 Å². The molecule has 2 heterocycles. The fourth-order valence-corrected chi connectivity index (χ4v) is 2.17. The Hall–Kier alpha value is -1.74. The zero-order chi connectivity index (χ0) is 11.0. The first-order valence-corrected chi connectivity index (χ1v) is 5.44. The van der Waals surface area contributed by atoms with Crippen LogP contribution in [0.4, 0.5) is 0 Å². The molecule has 1 aromatic heterocycles. The van der Waals surface area contributed by atoms with Crippen molar-refractivity contribution in [3.8, 4) is 5.75 Å². The molecule has 0 radical (unpaired) electrons. The maximum atomic E-state index is 5.26. The molecule has 1 aliphatic rings. The number of H-pyrrole nitrogens is 1. The van der Waals surface area contributed by atoms with Crippen LogP contribution in [-0.4, -0.2) is 25.2 Å². The molecule has 0 saturated heterocycles. The van der Waals surface area contributed by atoms with E-state index in [9.17, 15) is 0 Å². The summed E-state index contributed by atoms with van der Waals surface area (Å²) in [4.78, 5) is 3.29. The molecule has 1 aliphatic heterocycles. The standard InChI is InChI=1S/C13H14N2O/c1-16-10-2-3-13-11(6-10)12(8-15-13)9-4-5-14-7-9/h2-4,6,8,14-15H,5,7H2,1H3. The molecule has 3 heteroatoms. The van der Waals surface area contributed by atoms with Gasteiger partial charge in [-0.1, -0.05) is 6.08 Å². The molecule has 0 amide bonds. The smallest absolute Gasteiger partial charge is 0.119 e. The summed E-state index contributed by atoms with van der Waals surface area (Å²) >= 11 is 0. The van der Waals surface area contributed by atoms with Gasteiger partial charge in [0.15, 0.2) is 0 Å². The van der Waals surface area contributed by atoms with Crippen LogP contribution in [0.15, 0.2) is 30.5 Å². The maximum absolute atomic E-state index is 5.26. The zero-order valence-corrected chi connectivity index (χ0v) is 9.21. The largest absolute Gasteiger partial charge is 0.497 e. The highest BCUT2D eigenvalue weighted by molar-refractivity contribution is 5.94. The van der Waals surface area contributed by atoms with Crippen molar-refractivity contribution in [1.29, 1.82) is 0 Å². The molecule has 0 fully saturated rings. The summed E-state index contributed by atoms with van der Waals surface area (Å²) in [6, 6.07) is 6.12. The third-order valence-corrected chi connectivity index (χ3v) is 3.04. The number of hydrogen-bond acceptors (Lipinski definition) is 2. The lowest BCUT2D eigenvalue weighted by Gasteiger charge is -2.02. The highest BCUT2D eigenvalue weighted by Gasteiger charge is 2.11. The predicted octanol–water partition coefficient (Wildman–Crippen LogP) is 2.16. The number of aromatic amines is 1. The van der Waals surface area contributed by atoms with Gasteiger partial charge in [-0.05, 0) is 23.8 Å².